The van der Waals surface area contributed by atoms with Crippen LogP contribution in [0.2, 0.25) is 0 Å². The lowest BCUT2D eigenvalue weighted by atomic mass is 10.0. The van der Waals surface area contributed by atoms with E-state index < -0.39 is 0 Å². The fourth-order valence-electron chi connectivity index (χ4n) is 3.06. The molecule has 0 atom stereocenters. The predicted molar refractivity (Wildman–Crippen MR) is 125 cm³/mol. The second-order valence-corrected chi connectivity index (χ2v) is 7.58. The molecule has 1 aliphatic heterocycles. The van der Waals surface area contributed by atoms with Gasteiger partial charge in [0.2, 0.25) is 0 Å². The normalized spacial score (nSPS) is 16.4. The Morgan fingerprint density at radius 2 is 1.87 bits per heavy atom. The highest BCUT2D eigenvalue weighted by atomic mass is 32.2. The van der Waals surface area contributed by atoms with Gasteiger partial charge in [0.1, 0.15) is 0 Å². The number of para-hydroxylation sites is 1. The summed E-state index contributed by atoms with van der Waals surface area (Å²) in [6, 6.07) is 13.5. The smallest absolute Gasteiger partial charge is 0.266 e. The summed E-state index contributed by atoms with van der Waals surface area (Å²) in [6.45, 7) is 8.80. The van der Waals surface area contributed by atoms with Crippen LogP contribution < -0.4 is 9.47 Å². The van der Waals surface area contributed by atoms with Gasteiger partial charge in [-0.2, -0.15) is 0 Å². The monoisotopic (exact) mass is 422 g/mol. The van der Waals surface area contributed by atoms with Crippen molar-refractivity contribution in [2.24, 2.45) is 4.99 Å². The number of thioether (sulfide) groups is 1. The quantitative estimate of drug-likeness (QED) is 0.419. The highest BCUT2D eigenvalue weighted by Gasteiger charge is 2.30. The van der Waals surface area contributed by atoms with E-state index in [1.54, 1.807) is 11.9 Å². The van der Waals surface area contributed by atoms with Gasteiger partial charge in [0.05, 0.1) is 23.8 Å². The first kappa shape index (κ1) is 21.7. The molecule has 30 heavy (non-hydrogen) atoms. The second-order valence-electron chi connectivity index (χ2n) is 6.57. The third-order valence-corrected chi connectivity index (χ3v) is 5.45. The number of amides is 1. The van der Waals surface area contributed by atoms with E-state index in [9.17, 15) is 4.79 Å². The molecule has 0 unspecified atom stereocenters. The zero-order chi connectivity index (χ0) is 21.5. The minimum absolute atomic E-state index is 0.0770. The van der Waals surface area contributed by atoms with Gasteiger partial charge in [-0.05, 0) is 67.9 Å². The summed E-state index contributed by atoms with van der Waals surface area (Å²) in [5.41, 5.74) is 2.67. The molecule has 0 saturated carbocycles. The van der Waals surface area contributed by atoms with Gasteiger partial charge in [-0.15, -0.1) is 6.58 Å². The highest BCUT2D eigenvalue weighted by Crippen LogP contribution is 2.37. The maximum Gasteiger partial charge on any atom is 0.266 e. The summed E-state index contributed by atoms with van der Waals surface area (Å²) < 4.78 is 11.6. The van der Waals surface area contributed by atoms with Crippen LogP contribution in [-0.2, 0) is 11.2 Å². The third-order valence-electron chi connectivity index (χ3n) is 4.39. The first-order valence-corrected chi connectivity index (χ1v) is 10.7. The number of rotatable bonds is 8. The molecule has 5 nitrogen and oxygen atoms in total. The molecule has 3 rings (SSSR count). The van der Waals surface area contributed by atoms with E-state index in [1.165, 1.54) is 11.8 Å². The van der Waals surface area contributed by atoms with Gasteiger partial charge in [0, 0.05) is 12.6 Å². The highest BCUT2D eigenvalue weighted by molar-refractivity contribution is 8.18. The fourth-order valence-corrected chi connectivity index (χ4v) is 4.05. The SMILES string of the molecule is C=CCc1cc(/C=C2/SC(=Nc3ccccc3)N(C)C2=O)cc(OCC)c1OCC. The number of hydrogen-bond donors (Lipinski definition) is 0. The molecule has 0 radical (unpaired) electrons. The Labute approximate surface area is 182 Å². The zero-order valence-corrected chi connectivity index (χ0v) is 18.4. The standard InChI is InChI=1S/C24H26N2O3S/c1-5-11-18-14-17(15-20(28-6-2)22(18)29-7-3)16-21-23(27)26(4)24(30-21)25-19-12-9-8-10-13-19/h5,8-10,12-16H,1,6-7,11H2,2-4H3/b21-16+,25-24?. The topological polar surface area (TPSA) is 51.1 Å². The molecular weight excluding hydrogens is 396 g/mol. The third kappa shape index (κ3) is 4.94. The van der Waals surface area contributed by atoms with Gasteiger partial charge in [-0.3, -0.25) is 9.69 Å². The zero-order valence-electron chi connectivity index (χ0n) is 17.6. The van der Waals surface area contributed by atoms with Crippen molar-refractivity contribution >= 4 is 34.6 Å². The number of likely N-dealkylation sites (N-methyl/N-ethyl adjacent to an activating group) is 1. The molecule has 6 heteroatoms. The molecule has 2 aromatic carbocycles. The molecule has 2 aromatic rings. The Bertz CT molecular complexity index is 983. The Morgan fingerprint density at radius 3 is 2.53 bits per heavy atom. The minimum Gasteiger partial charge on any atom is -0.490 e. The Balaban J connectivity index is 1.98. The van der Waals surface area contributed by atoms with Gasteiger partial charge >= 0.3 is 0 Å². The van der Waals surface area contributed by atoms with Gasteiger partial charge in [-0.1, -0.05) is 24.3 Å². The number of amidine groups is 1. The number of aliphatic imine (C=N–C) groups is 1. The molecule has 1 saturated heterocycles. The van der Waals surface area contributed by atoms with Gasteiger partial charge in [0.25, 0.3) is 5.91 Å². The van der Waals surface area contributed by atoms with E-state index >= 15 is 0 Å². The van der Waals surface area contributed by atoms with Crippen LogP contribution in [-0.4, -0.2) is 36.2 Å². The largest absolute Gasteiger partial charge is 0.490 e. The molecule has 0 bridgehead atoms. The van der Waals surface area contributed by atoms with Crippen molar-refractivity contribution in [3.05, 3.63) is 71.2 Å². The number of carbonyl (C=O) groups is 1. The van der Waals surface area contributed by atoms with E-state index in [-0.39, 0.29) is 5.91 Å². The van der Waals surface area contributed by atoms with Crippen LogP contribution in [0, 0.1) is 0 Å². The Hall–Kier alpha value is -2.99. The molecule has 1 heterocycles. The molecular formula is C24H26N2O3S. The van der Waals surface area contributed by atoms with Crippen LogP contribution >= 0.6 is 11.8 Å². The number of nitrogens with zero attached hydrogens (tertiary/aromatic N) is 2. The van der Waals surface area contributed by atoms with Crippen molar-refractivity contribution in [3.8, 4) is 11.5 Å². The van der Waals surface area contributed by atoms with Crippen molar-refractivity contribution in [3.63, 3.8) is 0 Å². The van der Waals surface area contributed by atoms with Crippen molar-refractivity contribution < 1.29 is 14.3 Å². The summed E-state index contributed by atoms with van der Waals surface area (Å²) in [5.74, 6) is 1.33. The first-order chi connectivity index (χ1) is 14.6. The molecule has 0 aromatic heterocycles. The summed E-state index contributed by atoms with van der Waals surface area (Å²) in [5, 5.41) is 0.653. The summed E-state index contributed by atoms with van der Waals surface area (Å²) in [7, 11) is 1.74. The van der Waals surface area contributed by atoms with Crippen LogP contribution in [0.4, 0.5) is 5.69 Å². The molecule has 0 aliphatic carbocycles. The maximum absolute atomic E-state index is 12.8. The van der Waals surface area contributed by atoms with E-state index in [4.69, 9.17) is 9.47 Å². The van der Waals surface area contributed by atoms with Gasteiger partial charge in [-0.25, -0.2) is 4.99 Å². The van der Waals surface area contributed by atoms with Crippen LogP contribution in [0.15, 0.2) is 65.0 Å². The number of carbonyl (C=O) groups excluding carboxylic acids is 1. The van der Waals surface area contributed by atoms with Crippen LogP contribution in [0.1, 0.15) is 25.0 Å². The number of hydrogen-bond acceptors (Lipinski definition) is 5. The summed E-state index contributed by atoms with van der Waals surface area (Å²) >= 11 is 1.36. The molecule has 0 spiro atoms. The number of ether oxygens (including phenoxy) is 2. The fraction of sp³-hybridized carbons (Fsp3) is 0.250. The van der Waals surface area contributed by atoms with E-state index in [1.807, 2.05) is 68.5 Å². The second kappa shape index (κ2) is 10.2. The van der Waals surface area contributed by atoms with Crippen LogP contribution in [0.5, 0.6) is 11.5 Å². The van der Waals surface area contributed by atoms with Crippen molar-refractivity contribution in [1.29, 1.82) is 0 Å². The first-order valence-electron chi connectivity index (χ1n) is 9.92. The molecule has 1 fully saturated rings. The predicted octanol–water partition coefficient (Wildman–Crippen LogP) is 5.45. The average Bonchev–Trinajstić information content (AvgIpc) is 2.99. The van der Waals surface area contributed by atoms with Crippen molar-refractivity contribution in [1.82, 2.24) is 4.90 Å². The number of allylic oxidation sites excluding steroid dienone is 1. The van der Waals surface area contributed by atoms with Crippen molar-refractivity contribution in [2.75, 3.05) is 20.3 Å². The number of benzene rings is 2. The van der Waals surface area contributed by atoms with Gasteiger partial charge in [0.15, 0.2) is 16.7 Å². The summed E-state index contributed by atoms with van der Waals surface area (Å²) in [6.07, 6.45) is 4.36. The lowest BCUT2D eigenvalue weighted by Crippen LogP contribution is -2.23. The summed E-state index contributed by atoms with van der Waals surface area (Å²) in [4.78, 5) is 19.6. The van der Waals surface area contributed by atoms with E-state index in [2.05, 4.69) is 11.6 Å². The average molecular weight is 423 g/mol. The lowest BCUT2D eigenvalue weighted by Gasteiger charge is -2.16. The Morgan fingerprint density at radius 1 is 1.13 bits per heavy atom. The molecule has 0 N–H and O–H groups in total. The van der Waals surface area contributed by atoms with E-state index in [0.717, 1.165) is 22.6 Å². The minimum atomic E-state index is -0.0770. The van der Waals surface area contributed by atoms with Crippen LogP contribution in [0.25, 0.3) is 6.08 Å². The van der Waals surface area contributed by atoms with Crippen LogP contribution in [0.3, 0.4) is 0 Å². The molecule has 156 valence electrons. The lowest BCUT2D eigenvalue weighted by molar-refractivity contribution is -0.121. The molecule has 1 amide bonds. The van der Waals surface area contributed by atoms with E-state index in [0.29, 0.717) is 35.5 Å². The van der Waals surface area contributed by atoms with Crippen molar-refractivity contribution in [2.45, 2.75) is 20.3 Å². The maximum atomic E-state index is 12.8. The Kier molecular flexibility index (Phi) is 7.36. The van der Waals surface area contributed by atoms with Gasteiger partial charge < -0.3 is 9.47 Å². The molecule has 1 aliphatic rings.